The van der Waals surface area contributed by atoms with Crippen LogP contribution in [0.5, 0.6) is 0 Å². The van der Waals surface area contributed by atoms with Crippen molar-refractivity contribution in [3.63, 3.8) is 0 Å². The fourth-order valence-corrected chi connectivity index (χ4v) is 3.15. The molecule has 25 heavy (non-hydrogen) atoms. The van der Waals surface area contributed by atoms with E-state index < -0.39 is 5.60 Å². The Balaban J connectivity index is 2.04. The van der Waals surface area contributed by atoms with Crippen molar-refractivity contribution in [2.24, 2.45) is 5.92 Å². The molecule has 1 saturated heterocycles. The number of carbonyl (C=O) groups is 2. The molecule has 0 radical (unpaired) electrons. The van der Waals surface area contributed by atoms with Gasteiger partial charge in [-0.3, -0.25) is 9.78 Å². The number of rotatable bonds is 4. The fourth-order valence-electron chi connectivity index (χ4n) is 3.15. The monoisotopic (exact) mass is 348 g/mol. The van der Waals surface area contributed by atoms with Gasteiger partial charge in [-0.25, -0.2) is 4.79 Å². The van der Waals surface area contributed by atoms with Gasteiger partial charge in [0.05, 0.1) is 12.5 Å². The summed E-state index contributed by atoms with van der Waals surface area (Å²) in [7, 11) is 0. The molecule has 6 nitrogen and oxygen atoms in total. The summed E-state index contributed by atoms with van der Waals surface area (Å²) in [6.45, 7) is 8.92. The van der Waals surface area contributed by atoms with E-state index in [1.54, 1.807) is 17.3 Å². The molecule has 2 rings (SSSR count). The molecule has 1 aliphatic rings. The van der Waals surface area contributed by atoms with Crippen LogP contribution in [0, 0.1) is 5.92 Å². The maximum Gasteiger partial charge on any atom is 0.410 e. The van der Waals surface area contributed by atoms with Crippen LogP contribution in [0.15, 0.2) is 24.5 Å². The van der Waals surface area contributed by atoms with Gasteiger partial charge in [0.15, 0.2) is 0 Å². The molecule has 0 bridgehead atoms. The van der Waals surface area contributed by atoms with Crippen molar-refractivity contribution in [1.29, 1.82) is 0 Å². The van der Waals surface area contributed by atoms with E-state index in [0.717, 1.165) is 18.4 Å². The molecule has 1 aliphatic heterocycles. The van der Waals surface area contributed by atoms with Crippen molar-refractivity contribution in [2.45, 2.75) is 52.1 Å². The van der Waals surface area contributed by atoms with Gasteiger partial charge in [0.1, 0.15) is 5.60 Å². The zero-order valence-corrected chi connectivity index (χ0v) is 15.5. The molecule has 6 heteroatoms. The quantitative estimate of drug-likeness (QED) is 0.780. The molecule has 0 aromatic carbocycles. The Kier molecular flexibility index (Phi) is 6.39. The van der Waals surface area contributed by atoms with Crippen LogP contribution in [-0.2, 0) is 14.3 Å². The number of esters is 1. The fraction of sp³-hybridized carbons (Fsp3) is 0.632. The van der Waals surface area contributed by atoms with E-state index in [9.17, 15) is 9.59 Å². The number of hydrogen-bond donors (Lipinski definition) is 0. The maximum atomic E-state index is 12.5. The number of pyridine rings is 1. The number of piperidine rings is 1. The number of aromatic nitrogens is 1. The summed E-state index contributed by atoms with van der Waals surface area (Å²) in [4.78, 5) is 30.4. The second-order valence-electron chi connectivity index (χ2n) is 7.32. The van der Waals surface area contributed by atoms with Crippen molar-refractivity contribution in [3.8, 4) is 0 Å². The van der Waals surface area contributed by atoms with Gasteiger partial charge in [-0.2, -0.15) is 0 Å². The van der Waals surface area contributed by atoms with Crippen molar-refractivity contribution in [3.05, 3.63) is 30.1 Å². The molecule has 0 N–H and O–H groups in total. The largest absolute Gasteiger partial charge is 0.466 e. The Morgan fingerprint density at radius 2 is 1.84 bits per heavy atom. The van der Waals surface area contributed by atoms with Crippen LogP contribution in [0.3, 0.4) is 0 Å². The molecular weight excluding hydrogens is 320 g/mol. The summed E-state index contributed by atoms with van der Waals surface area (Å²) in [5.41, 5.74) is 0.419. The average Bonchev–Trinajstić information content (AvgIpc) is 2.55. The minimum absolute atomic E-state index is 0.139. The second kappa shape index (κ2) is 8.32. The summed E-state index contributed by atoms with van der Waals surface area (Å²) in [6.07, 6.45) is 4.58. The Labute approximate surface area is 149 Å². The number of ether oxygens (including phenoxy) is 2. The first kappa shape index (κ1) is 19.2. The van der Waals surface area contributed by atoms with Gasteiger partial charge >= 0.3 is 12.1 Å². The van der Waals surface area contributed by atoms with Gasteiger partial charge in [-0.1, -0.05) is 0 Å². The predicted octanol–water partition coefficient (Wildman–Crippen LogP) is 3.38. The lowest BCUT2D eigenvalue weighted by Crippen LogP contribution is -2.43. The predicted molar refractivity (Wildman–Crippen MR) is 94.1 cm³/mol. The number of likely N-dealkylation sites (tertiary alicyclic amines) is 1. The van der Waals surface area contributed by atoms with Crippen LogP contribution >= 0.6 is 0 Å². The third kappa shape index (κ3) is 5.44. The van der Waals surface area contributed by atoms with E-state index in [1.165, 1.54) is 0 Å². The molecule has 1 fully saturated rings. The molecule has 1 atom stereocenters. The van der Waals surface area contributed by atoms with Gasteiger partial charge in [0.25, 0.3) is 0 Å². The highest BCUT2D eigenvalue weighted by Gasteiger charge is 2.35. The van der Waals surface area contributed by atoms with Crippen LogP contribution < -0.4 is 0 Å². The van der Waals surface area contributed by atoms with E-state index in [2.05, 4.69) is 4.98 Å². The molecule has 2 heterocycles. The third-order valence-electron chi connectivity index (χ3n) is 4.27. The van der Waals surface area contributed by atoms with E-state index >= 15 is 0 Å². The molecule has 0 saturated carbocycles. The molecule has 1 aromatic heterocycles. The summed E-state index contributed by atoms with van der Waals surface area (Å²) in [5.74, 6) is -0.381. The minimum Gasteiger partial charge on any atom is -0.466 e. The summed E-state index contributed by atoms with van der Waals surface area (Å²) in [5, 5.41) is 0. The van der Waals surface area contributed by atoms with Crippen LogP contribution in [0.25, 0.3) is 0 Å². The van der Waals surface area contributed by atoms with E-state index in [4.69, 9.17) is 9.47 Å². The number of carbonyl (C=O) groups excluding carboxylic acids is 2. The van der Waals surface area contributed by atoms with Crippen molar-refractivity contribution in [2.75, 3.05) is 19.7 Å². The molecule has 1 aromatic rings. The van der Waals surface area contributed by atoms with Crippen LogP contribution in [-0.4, -0.2) is 47.2 Å². The van der Waals surface area contributed by atoms with Crippen molar-refractivity contribution >= 4 is 12.1 Å². The smallest absolute Gasteiger partial charge is 0.410 e. The number of amides is 1. The average molecular weight is 348 g/mol. The van der Waals surface area contributed by atoms with Crippen LogP contribution in [0.4, 0.5) is 4.79 Å². The first-order valence-electron chi connectivity index (χ1n) is 8.86. The van der Waals surface area contributed by atoms with E-state index in [1.807, 2.05) is 39.8 Å². The zero-order chi connectivity index (χ0) is 18.4. The SMILES string of the molecule is CCOC(=O)C(c1ccncc1)C1CCN(C(=O)OC(C)(C)C)CC1. The molecule has 0 spiro atoms. The minimum atomic E-state index is -0.502. The molecule has 1 unspecified atom stereocenters. The standard InChI is InChI=1S/C19H28N2O4/c1-5-24-17(22)16(14-6-10-20-11-7-14)15-8-12-21(13-9-15)18(23)25-19(2,3)4/h6-7,10-11,15-16H,5,8-9,12-13H2,1-4H3. The van der Waals surface area contributed by atoms with E-state index in [-0.39, 0.29) is 23.9 Å². The summed E-state index contributed by atoms with van der Waals surface area (Å²) in [6, 6.07) is 3.73. The van der Waals surface area contributed by atoms with Gasteiger partial charge in [-0.15, -0.1) is 0 Å². The Bertz CT molecular complexity index is 575. The van der Waals surface area contributed by atoms with Gasteiger partial charge in [0, 0.05) is 25.5 Å². The van der Waals surface area contributed by atoms with Crippen LogP contribution in [0.1, 0.15) is 52.0 Å². The molecule has 0 aliphatic carbocycles. The highest BCUT2D eigenvalue weighted by atomic mass is 16.6. The van der Waals surface area contributed by atoms with Crippen molar-refractivity contribution < 1.29 is 19.1 Å². The molecule has 138 valence electrons. The summed E-state index contributed by atoms with van der Waals surface area (Å²) < 4.78 is 10.7. The zero-order valence-electron chi connectivity index (χ0n) is 15.5. The topological polar surface area (TPSA) is 68.7 Å². The van der Waals surface area contributed by atoms with E-state index in [0.29, 0.717) is 19.7 Å². The summed E-state index contributed by atoms with van der Waals surface area (Å²) >= 11 is 0. The number of nitrogens with zero attached hydrogens (tertiary/aromatic N) is 2. The lowest BCUT2D eigenvalue weighted by Gasteiger charge is -2.36. The normalized spacial score (nSPS) is 17.0. The molecule has 1 amide bonds. The first-order chi connectivity index (χ1) is 11.8. The first-order valence-corrected chi connectivity index (χ1v) is 8.86. The van der Waals surface area contributed by atoms with Crippen LogP contribution in [0.2, 0.25) is 0 Å². The number of hydrogen-bond acceptors (Lipinski definition) is 5. The highest BCUT2D eigenvalue weighted by Crippen LogP contribution is 2.34. The second-order valence-corrected chi connectivity index (χ2v) is 7.32. The Morgan fingerprint density at radius 1 is 1.24 bits per heavy atom. The van der Waals surface area contributed by atoms with Gasteiger partial charge in [-0.05, 0) is 64.2 Å². The Morgan fingerprint density at radius 3 is 2.36 bits per heavy atom. The lowest BCUT2D eigenvalue weighted by molar-refractivity contribution is -0.146. The van der Waals surface area contributed by atoms with Crippen molar-refractivity contribution in [1.82, 2.24) is 9.88 Å². The highest BCUT2D eigenvalue weighted by molar-refractivity contribution is 5.78. The third-order valence-corrected chi connectivity index (χ3v) is 4.27. The molecular formula is C19H28N2O4. The lowest BCUT2D eigenvalue weighted by atomic mass is 9.80. The Hall–Kier alpha value is -2.11. The maximum absolute atomic E-state index is 12.5. The van der Waals surface area contributed by atoms with Gasteiger partial charge in [0.2, 0.25) is 0 Å². The van der Waals surface area contributed by atoms with Gasteiger partial charge < -0.3 is 14.4 Å².